The van der Waals surface area contributed by atoms with E-state index >= 15 is 0 Å². The summed E-state index contributed by atoms with van der Waals surface area (Å²) in [6, 6.07) is 13.4. The third-order valence-corrected chi connectivity index (χ3v) is 5.22. The first-order valence-corrected chi connectivity index (χ1v) is 9.84. The minimum absolute atomic E-state index is 0.181. The van der Waals surface area contributed by atoms with E-state index in [9.17, 15) is 9.90 Å². The lowest BCUT2D eigenvalue weighted by atomic mass is 10.0. The second kappa shape index (κ2) is 8.98. The maximum atomic E-state index is 12.4. The number of amides is 1. The van der Waals surface area contributed by atoms with E-state index in [1.165, 1.54) is 11.1 Å². The molecular weight excluding hydrogens is 366 g/mol. The van der Waals surface area contributed by atoms with Crippen LogP contribution >= 0.6 is 0 Å². The second-order valence-electron chi connectivity index (χ2n) is 7.43. The zero-order chi connectivity index (χ0) is 20.1. The maximum absolute atomic E-state index is 12.4. The number of carbonyl (C=O) groups excluding carboxylic acids is 1. The fraction of sp³-hybridized carbons (Fsp3) is 0.318. The molecular formula is C22H25N5O2. The predicted octanol–water partition coefficient (Wildman–Crippen LogP) is 1.69. The topological polar surface area (TPSA) is 83.3 Å². The Balaban J connectivity index is 1.37. The standard InChI is InChI=1S/C22H25N5O2/c28-21-7-12-26(16-20(21)25-22(29)19-5-9-23-10-6-19)14-17-3-1-4-18(13-17)15-27-11-2-8-24-27/h1-6,8-11,13,20-21,28H,7,12,14-16H2,(H,25,29)/t20-,21+/m1/s1. The van der Waals surface area contributed by atoms with Crippen LogP contribution in [-0.2, 0) is 13.1 Å². The van der Waals surface area contributed by atoms with Crippen LogP contribution in [0.25, 0.3) is 0 Å². The highest BCUT2D eigenvalue weighted by molar-refractivity contribution is 5.94. The number of nitrogens with zero attached hydrogens (tertiary/aromatic N) is 4. The number of pyridine rings is 1. The molecule has 1 fully saturated rings. The lowest BCUT2D eigenvalue weighted by molar-refractivity contribution is 0.0410. The first kappa shape index (κ1) is 19.3. The highest BCUT2D eigenvalue weighted by Gasteiger charge is 2.29. The smallest absolute Gasteiger partial charge is 0.251 e. The Hall–Kier alpha value is -3.03. The summed E-state index contributed by atoms with van der Waals surface area (Å²) < 4.78 is 1.90. The average Bonchev–Trinajstić information content (AvgIpc) is 3.24. The minimum Gasteiger partial charge on any atom is -0.391 e. The number of hydrogen-bond acceptors (Lipinski definition) is 5. The Bertz CT molecular complexity index is 929. The second-order valence-corrected chi connectivity index (χ2v) is 7.43. The number of aromatic nitrogens is 3. The molecule has 0 aliphatic carbocycles. The normalized spacial score (nSPS) is 19.8. The molecule has 3 aromatic rings. The Morgan fingerprint density at radius 2 is 1.90 bits per heavy atom. The third kappa shape index (κ3) is 5.07. The lowest BCUT2D eigenvalue weighted by Crippen LogP contribution is -2.54. The van der Waals surface area contributed by atoms with Gasteiger partial charge < -0.3 is 10.4 Å². The Kier molecular flexibility index (Phi) is 5.97. The predicted molar refractivity (Wildman–Crippen MR) is 109 cm³/mol. The van der Waals surface area contributed by atoms with Gasteiger partial charge in [-0.1, -0.05) is 24.3 Å². The van der Waals surface area contributed by atoms with Crippen molar-refractivity contribution < 1.29 is 9.90 Å². The molecule has 0 bridgehead atoms. The van der Waals surface area contributed by atoms with Crippen LogP contribution in [0.3, 0.4) is 0 Å². The van der Waals surface area contributed by atoms with Crippen molar-refractivity contribution in [2.75, 3.05) is 13.1 Å². The fourth-order valence-electron chi connectivity index (χ4n) is 3.71. The molecule has 2 aromatic heterocycles. The molecule has 150 valence electrons. The molecule has 1 saturated heterocycles. The van der Waals surface area contributed by atoms with Gasteiger partial charge >= 0.3 is 0 Å². The van der Waals surface area contributed by atoms with Crippen LogP contribution in [0.1, 0.15) is 27.9 Å². The van der Waals surface area contributed by atoms with Gasteiger partial charge in [0, 0.05) is 50.0 Å². The van der Waals surface area contributed by atoms with Gasteiger partial charge in [0.15, 0.2) is 0 Å². The molecule has 0 unspecified atom stereocenters. The van der Waals surface area contributed by atoms with Gasteiger partial charge in [0.1, 0.15) is 0 Å². The van der Waals surface area contributed by atoms with Gasteiger partial charge in [-0.2, -0.15) is 5.10 Å². The van der Waals surface area contributed by atoms with Gasteiger partial charge in [-0.25, -0.2) is 0 Å². The summed E-state index contributed by atoms with van der Waals surface area (Å²) in [6.45, 7) is 2.93. The van der Waals surface area contributed by atoms with Crippen molar-refractivity contribution in [3.05, 3.63) is 83.9 Å². The molecule has 0 spiro atoms. The number of aliphatic hydroxyl groups is 1. The van der Waals surface area contributed by atoms with Crippen LogP contribution < -0.4 is 5.32 Å². The third-order valence-electron chi connectivity index (χ3n) is 5.22. The van der Waals surface area contributed by atoms with Crippen molar-refractivity contribution in [2.45, 2.75) is 31.7 Å². The molecule has 0 saturated carbocycles. The minimum atomic E-state index is -0.539. The van der Waals surface area contributed by atoms with Gasteiger partial charge in [-0.3, -0.25) is 19.4 Å². The summed E-state index contributed by atoms with van der Waals surface area (Å²) in [5.41, 5.74) is 2.96. The van der Waals surface area contributed by atoms with Crippen LogP contribution in [0.2, 0.25) is 0 Å². The summed E-state index contributed by atoms with van der Waals surface area (Å²) >= 11 is 0. The van der Waals surface area contributed by atoms with Crippen LogP contribution in [0.4, 0.5) is 0 Å². The number of piperidine rings is 1. The maximum Gasteiger partial charge on any atom is 0.251 e. The van der Waals surface area contributed by atoms with Crippen molar-refractivity contribution in [2.24, 2.45) is 0 Å². The zero-order valence-electron chi connectivity index (χ0n) is 16.2. The SMILES string of the molecule is O=C(N[C@@H]1CN(Cc2cccc(Cn3cccn3)c2)CC[C@@H]1O)c1ccncc1. The van der Waals surface area contributed by atoms with Gasteiger partial charge in [-0.15, -0.1) is 0 Å². The molecule has 29 heavy (non-hydrogen) atoms. The van der Waals surface area contributed by atoms with E-state index < -0.39 is 6.10 Å². The molecule has 7 nitrogen and oxygen atoms in total. The number of rotatable bonds is 6. The van der Waals surface area contributed by atoms with Crippen molar-refractivity contribution in [1.29, 1.82) is 0 Å². The summed E-state index contributed by atoms with van der Waals surface area (Å²) in [6.07, 6.45) is 7.01. The number of benzene rings is 1. The van der Waals surface area contributed by atoms with Gasteiger partial charge in [0.25, 0.3) is 5.91 Å². The van der Waals surface area contributed by atoms with Gasteiger partial charge in [0.2, 0.25) is 0 Å². The first-order valence-electron chi connectivity index (χ1n) is 9.84. The van der Waals surface area contributed by atoms with Crippen molar-refractivity contribution in [3.63, 3.8) is 0 Å². The van der Waals surface area contributed by atoms with E-state index in [0.29, 0.717) is 18.5 Å². The number of hydrogen-bond donors (Lipinski definition) is 2. The van der Waals surface area contributed by atoms with Crippen molar-refractivity contribution in [1.82, 2.24) is 25.0 Å². The molecule has 1 amide bonds. The molecule has 2 N–H and O–H groups in total. The molecule has 2 atom stereocenters. The van der Waals surface area contributed by atoms with E-state index in [4.69, 9.17) is 0 Å². The lowest BCUT2D eigenvalue weighted by Gasteiger charge is -2.36. The number of aliphatic hydroxyl groups excluding tert-OH is 1. The average molecular weight is 391 g/mol. The molecule has 4 rings (SSSR count). The molecule has 7 heteroatoms. The summed E-state index contributed by atoms with van der Waals surface area (Å²) in [5, 5.41) is 17.6. The summed E-state index contributed by atoms with van der Waals surface area (Å²) in [7, 11) is 0. The number of nitrogens with one attached hydrogen (secondary N) is 1. The van der Waals surface area contributed by atoms with Crippen LogP contribution in [0.15, 0.2) is 67.3 Å². The molecule has 1 aliphatic rings. The van der Waals surface area contributed by atoms with Gasteiger partial charge in [-0.05, 0) is 35.7 Å². The van der Waals surface area contributed by atoms with Crippen LogP contribution in [-0.4, -0.2) is 55.9 Å². The van der Waals surface area contributed by atoms with E-state index in [0.717, 1.165) is 19.6 Å². The molecule has 0 radical (unpaired) electrons. The largest absolute Gasteiger partial charge is 0.391 e. The zero-order valence-corrected chi connectivity index (χ0v) is 16.2. The van der Waals surface area contributed by atoms with E-state index in [1.807, 2.05) is 16.9 Å². The highest BCUT2D eigenvalue weighted by Crippen LogP contribution is 2.16. The summed E-state index contributed by atoms with van der Waals surface area (Å²) in [5.74, 6) is -0.181. The van der Waals surface area contributed by atoms with Crippen molar-refractivity contribution >= 4 is 5.91 Å². The first-order chi connectivity index (χ1) is 14.2. The van der Waals surface area contributed by atoms with Crippen LogP contribution in [0.5, 0.6) is 0 Å². The summed E-state index contributed by atoms with van der Waals surface area (Å²) in [4.78, 5) is 18.7. The van der Waals surface area contributed by atoms with E-state index in [-0.39, 0.29) is 11.9 Å². The number of likely N-dealkylation sites (tertiary alicyclic amines) is 1. The van der Waals surface area contributed by atoms with E-state index in [1.54, 1.807) is 30.7 Å². The fourth-order valence-corrected chi connectivity index (χ4v) is 3.71. The molecule has 3 heterocycles. The highest BCUT2D eigenvalue weighted by atomic mass is 16.3. The van der Waals surface area contributed by atoms with Crippen molar-refractivity contribution in [3.8, 4) is 0 Å². The Labute approximate surface area is 170 Å². The quantitative estimate of drug-likeness (QED) is 0.668. The number of carbonyl (C=O) groups is 1. The molecule has 1 aliphatic heterocycles. The molecule has 1 aromatic carbocycles. The van der Waals surface area contributed by atoms with Crippen LogP contribution in [0, 0.1) is 0 Å². The Morgan fingerprint density at radius 1 is 1.10 bits per heavy atom. The Morgan fingerprint density at radius 3 is 2.66 bits per heavy atom. The van der Waals surface area contributed by atoms with Gasteiger partial charge in [0.05, 0.1) is 18.7 Å². The monoisotopic (exact) mass is 391 g/mol. The van der Waals surface area contributed by atoms with E-state index in [2.05, 4.69) is 44.6 Å².